The number of rotatable bonds is 2. The lowest BCUT2D eigenvalue weighted by molar-refractivity contribution is -0.0778. The fourth-order valence-electron chi connectivity index (χ4n) is 3.86. The summed E-state index contributed by atoms with van der Waals surface area (Å²) in [4.78, 5) is 2.27. The zero-order valence-corrected chi connectivity index (χ0v) is 14.6. The number of phenolic OH excluding ortho intramolecular Hbond substituents is 1. The molecule has 25 heavy (non-hydrogen) atoms. The van der Waals surface area contributed by atoms with Gasteiger partial charge < -0.3 is 19.5 Å². The molecule has 0 saturated carbocycles. The highest BCUT2D eigenvalue weighted by molar-refractivity contribution is 5.71. The van der Waals surface area contributed by atoms with Crippen LogP contribution in [0.3, 0.4) is 0 Å². The number of hydrogen-bond acceptors (Lipinski definition) is 6. The van der Waals surface area contributed by atoms with Crippen molar-refractivity contribution in [1.29, 1.82) is 0 Å². The van der Waals surface area contributed by atoms with Gasteiger partial charge in [-0.05, 0) is 49.6 Å². The van der Waals surface area contributed by atoms with Crippen molar-refractivity contribution in [3.63, 3.8) is 0 Å². The van der Waals surface area contributed by atoms with Gasteiger partial charge in [0, 0.05) is 18.7 Å². The van der Waals surface area contributed by atoms with Crippen LogP contribution in [0.15, 0.2) is 24.3 Å². The summed E-state index contributed by atoms with van der Waals surface area (Å²) < 4.78 is 11.3. The van der Waals surface area contributed by atoms with E-state index >= 15 is 0 Å². The second-order valence-corrected chi connectivity index (χ2v) is 6.79. The van der Waals surface area contributed by atoms with Crippen molar-refractivity contribution >= 4 is 5.82 Å². The number of anilines is 1. The summed E-state index contributed by atoms with van der Waals surface area (Å²) in [7, 11) is 0. The Morgan fingerprint density at radius 1 is 1.16 bits per heavy atom. The molecule has 0 bridgehead atoms. The molecule has 2 fully saturated rings. The highest BCUT2D eigenvalue weighted by atomic mass is 16.5. The van der Waals surface area contributed by atoms with Gasteiger partial charge >= 0.3 is 0 Å². The van der Waals surface area contributed by atoms with Gasteiger partial charge in [-0.1, -0.05) is 6.07 Å². The van der Waals surface area contributed by atoms with E-state index in [0.29, 0.717) is 18.9 Å². The maximum atomic E-state index is 10.3. The van der Waals surface area contributed by atoms with E-state index in [4.69, 9.17) is 9.47 Å². The number of aromatic nitrogens is 2. The summed E-state index contributed by atoms with van der Waals surface area (Å²) in [5.41, 5.74) is 3.46. The SMILES string of the molecule is Cc1cc(C)c(-c2ccc(N3CCOC4COCCC43)nn2)c(O)c1. The Morgan fingerprint density at radius 2 is 2.04 bits per heavy atom. The Hall–Kier alpha value is -2.18. The summed E-state index contributed by atoms with van der Waals surface area (Å²) in [6, 6.07) is 8.01. The third-order valence-corrected chi connectivity index (χ3v) is 4.99. The van der Waals surface area contributed by atoms with Crippen molar-refractivity contribution in [2.24, 2.45) is 0 Å². The quantitative estimate of drug-likeness (QED) is 0.905. The van der Waals surface area contributed by atoms with E-state index < -0.39 is 0 Å². The Bertz CT molecular complexity index is 738. The first-order valence-electron chi connectivity index (χ1n) is 8.74. The molecule has 0 amide bonds. The van der Waals surface area contributed by atoms with E-state index in [2.05, 4.69) is 15.1 Å². The number of hydrogen-bond donors (Lipinski definition) is 1. The fraction of sp³-hybridized carbons (Fsp3) is 0.474. The highest BCUT2D eigenvalue weighted by Crippen LogP contribution is 2.33. The van der Waals surface area contributed by atoms with Crippen LogP contribution in [-0.2, 0) is 9.47 Å². The molecule has 2 atom stereocenters. The van der Waals surface area contributed by atoms with E-state index in [-0.39, 0.29) is 17.9 Å². The average molecular weight is 341 g/mol. The number of nitrogens with zero attached hydrogens (tertiary/aromatic N) is 3. The molecule has 1 N–H and O–H groups in total. The zero-order valence-electron chi connectivity index (χ0n) is 14.6. The van der Waals surface area contributed by atoms with E-state index in [1.807, 2.05) is 32.0 Å². The van der Waals surface area contributed by atoms with Crippen LogP contribution in [0.2, 0.25) is 0 Å². The van der Waals surface area contributed by atoms with Crippen molar-refractivity contribution in [2.75, 3.05) is 31.3 Å². The fourth-order valence-corrected chi connectivity index (χ4v) is 3.86. The first-order valence-corrected chi connectivity index (χ1v) is 8.74. The van der Waals surface area contributed by atoms with E-state index in [1.165, 1.54) is 0 Å². The molecule has 2 aliphatic rings. The summed E-state index contributed by atoms with van der Waals surface area (Å²) in [6.45, 7) is 6.82. The minimum atomic E-state index is 0.104. The molecule has 0 spiro atoms. The van der Waals surface area contributed by atoms with Crippen LogP contribution in [0, 0.1) is 13.8 Å². The number of morpholine rings is 1. The molecule has 2 aromatic rings. The van der Waals surface area contributed by atoms with Crippen molar-refractivity contribution < 1.29 is 14.6 Å². The lowest BCUT2D eigenvalue weighted by atomic mass is 10.0. The molecular weight excluding hydrogens is 318 g/mol. The number of aromatic hydroxyl groups is 1. The van der Waals surface area contributed by atoms with Gasteiger partial charge in [0.05, 0.1) is 24.9 Å². The molecule has 1 aromatic heterocycles. The van der Waals surface area contributed by atoms with Crippen LogP contribution in [0.4, 0.5) is 5.82 Å². The standard InChI is InChI=1S/C19H23N3O3/c1-12-9-13(2)19(16(23)10-12)14-3-4-18(21-20-14)22-6-8-25-17-11-24-7-5-15(17)22/h3-4,9-10,15,17,23H,5-8,11H2,1-2H3. The highest BCUT2D eigenvalue weighted by Gasteiger charge is 2.35. The molecule has 1 aromatic carbocycles. The van der Waals surface area contributed by atoms with Gasteiger partial charge in [0.2, 0.25) is 0 Å². The minimum Gasteiger partial charge on any atom is -0.507 e. The number of aryl methyl sites for hydroxylation is 2. The van der Waals surface area contributed by atoms with Crippen LogP contribution in [0.1, 0.15) is 17.5 Å². The van der Waals surface area contributed by atoms with Crippen LogP contribution in [-0.4, -0.2) is 53.8 Å². The summed E-state index contributed by atoms with van der Waals surface area (Å²) in [6.07, 6.45) is 1.04. The summed E-state index contributed by atoms with van der Waals surface area (Å²) in [5, 5.41) is 19.1. The molecule has 6 nitrogen and oxygen atoms in total. The maximum Gasteiger partial charge on any atom is 0.151 e. The first-order chi connectivity index (χ1) is 12.1. The molecule has 132 valence electrons. The van der Waals surface area contributed by atoms with Crippen molar-refractivity contribution in [1.82, 2.24) is 10.2 Å². The number of fused-ring (bicyclic) bond motifs is 1. The maximum absolute atomic E-state index is 10.3. The van der Waals surface area contributed by atoms with Gasteiger partial charge in [-0.25, -0.2) is 0 Å². The lowest BCUT2D eigenvalue weighted by Gasteiger charge is -2.43. The molecule has 0 radical (unpaired) electrons. The predicted molar refractivity (Wildman–Crippen MR) is 94.9 cm³/mol. The third-order valence-electron chi connectivity index (χ3n) is 4.99. The molecule has 6 heteroatoms. The predicted octanol–water partition coefficient (Wildman–Crippen LogP) is 2.46. The van der Waals surface area contributed by atoms with Crippen molar-refractivity contribution in [3.05, 3.63) is 35.4 Å². The monoisotopic (exact) mass is 341 g/mol. The van der Waals surface area contributed by atoms with Crippen molar-refractivity contribution in [2.45, 2.75) is 32.4 Å². The molecule has 2 unspecified atom stereocenters. The Balaban J connectivity index is 1.62. The molecule has 4 rings (SSSR count). The topological polar surface area (TPSA) is 67.7 Å². The Labute approximate surface area is 147 Å². The second-order valence-electron chi connectivity index (χ2n) is 6.79. The molecule has 2 saturated heterocycles. The summed E-state index contributed by atoms with van der Waals surface area (Å²) in [5.74, 6) is 1.10. The Kier molecular flexibility index (Phi) is 4.31. The lowest BCUT2D eigenvalue weighted by Crippen LogP contribution is -2.56. The van der Waals surface area contributed by atoms with Gasteiger partial charge in [0.15, 0.2) is 5.82 Å². The van der Waals surface area contributed by atoms with Crippen LogP contribution >= 0.6 is 0 Å². The van der Waals surface area contributed by atoms with Crippen molar-refractivity contribution in [3.8, 4) is 17.0 Å². The van der Waals surface area contributed by atoms with Gasteiger partial charge in [-0.2, -0.15) is 0 Å². The largest absolute Gasteiger partial charge is 0.507 e. The van der Waals surface area contributed by atoms with Gasteiger partial charge in [0.25, 0.3) is 0 Å². The van der Waals surface area contributed by atoms with E-state index in [1.54, 1.807) is 6.07 Å². The third kappa shape index (κ3) is 3.07. The van der Waals surface area contributed by atoms with E-state index in [0.717, 1.165) is 42.1 Å². The molecule has 3 heterocycles. The zero-order chi connectivity index (χ0) is 17.4. The first kappa shape index (κ1) is 16.3. The smallest absolute Gasteiger partial charge is 0.151 e. The normalized spacial score (nSPS) is 23.4. The average Bonchev–Trinajstić information content (AvgIpc) is 2.61. The van der Waals surface area contributed by atoms with E-state index in [9.17, 15) is 5.11 Å². The molecule has 2 aliphatic heterocycles. The Morgan fingerprint density at radius 3 is 2.80 bits per heavy atom. The van der Waals surface area contributed by atoms with Crippen LogP contribution in [0.25, 0.3) is 11.3 Å². The van der Waals surface area contributed by atoms with Crippen LogP contribution in [0.5, 0.6) is 5.75 Å². The minimum absolute atomic E-state index is 0.104. The number of ether oxygens (including phenoxy) is 2. The molecular formula is C19H23N3O3. The second kappa shape index (κ2) is 6.61. The summed E-state index contributed by atoms with van der Waals surface area (Å²) >= 11 is 0. The number of phenols is 1. The van der Waals surface area contributed by atoms with Gasteiger partial charge in [-0.3, -0.25) is 0 Å². The van der Waals surface area contributed by atoms with Gasteiger partial charge in [0.1, 0.15) is 11.9 Å². The molecule has 0 aliphatic carbocycles. The van der Waals surface area contributed by atoms with Crippen LogP contribution < -0.4 is 4.90 Å². The van der Waals surface area contributed by atoms with Gasteiger partial charge in [-0.15, -0.1) is 10.2 Å². The number of benzene rings is 1.